The highest BCUT2D eigenvalue weighted by Gasteiger charge is 2.32. The molecule has 5 N–H and O–H groups in total. The van der Waals surface area contributed by atoms with Crippen molar-refractivity contribution in [1.82, 2.24) is 19.9 Å². The molecule has 3 aromatic carbocycles. The van der Waals surface area contributed by atoms with Gasteiger partial charge in [-0.15, -0.1) is 0 Å². The van der Waals surface area contributed by atoms with E-state index in [4.69, 9.17) is 15.2 Å². The lowest BCUT2D eigenvalue weighted by atomic mass is 10.0. The maximum absolute atomic E-state index is 14.0. The Hall–Kier alpha value is -4.24. The summed E-state index contributed by atoms with van der Waals surface area (Å²) < 4.78 is 41.1. The molecule has 2 amide bonds. The summed E-state index contributed by atoms with van der Waals surface area (Å²) >= 11 is 1.20. The maximum Gasteiger partial charge on any atom is 0.407 e. The Bertz CT molecular complexity index is 1900. The summed E-state index contributed by atoms with van der Waals surface area (Å²) in [4.78, 5) is 29.7. The highest BCUT2D eigenvalue weighted by atomic mass is 32.2. The van der Waals surface area contributed by atoms with Crippen LogP contribution in [0.15, 0.2) is 65.6 Å². The molecule has 2 unspecified atom stereocenters. The number of fused-ring (bicyclic) bond motifs is 1. The Morgan fingerprint density at radius 3 is 2.29 bits per heavy atom. The van der Waals surface area contributed by atoms with E-state index in [2.05, 4.69) is 15.6 Å². The highest BCUT2D eigenvalue weighted by Crippen LogP contribution is 2.29. The van der Waals surface area contributed by atoms with Crippen LogP contribution >= 0.6 is 11.3 Å². The number of nitrogens with one attached hydrogen (secondary N) is 2. The summed E-state index contributed by atoms with van der Waals surface area (Å²) in [7, 11) is -4.04. The van der Waals surface area contributed by atoms with Crippen LogP contribution in [0.2, 0.25) is 0 Å². The normalized spacial score (nSPS) is 13.3. The molecule has 276 valence electrons. The number of hydrogen-bond acceptors (Lipinski definition) is 10. The van der Waals surface area contributed by atoms with Gasteiger partial charge in [-0.05, 0) is 87.4 Å². The van der Waals surface area contributed by atoms with E-state index >= 15 is 0 Å². The number of rotatable bonds is 15. The molecule has 0 aliphatic heterocycles. The molecule has 0 saturated heterocycles. The van der Waals surface area contributed by atoms with E-state index in [0.717, 1.165) is 22.3 Å². The number of anilines is 1. The number of aliphatic hydroxyl groups is 1. The number of benzene rings is 3. The third kappa shape index (κ3) is 11.4. The van der Waals surface area contributed by atoms with E-state index in [1.807, 2.05) is 70.2 Å². The van der Waals surface area contributed by atoms with Gasteiger partial charge in [0.15, 0.2) is 11.7 Å². The minimum absolute atomic E-state index is 0.0451. The number of aliphatic hydroxyl groups excluding tert-OH is 1. The van der Waals surface area contributed by atoms with E-state index in [1.54, 1.807) is 32.9 Å². The van der Waals surface area contributed by atoms with E-state index in [-0.39, 0.29) is 43.5 Å². The maximum atomic E-state index is 14.0. The molecular formula is C37H49N5O7S2. The Morgan fingerprint density at radius 2 is 1.67 bits per heavy atom. The second kappa shape index (κ2) is 16.9. The molecule has 0 radical (unpaired) electrons. The minimum Gasteiger partial charge on any atom is -0.483 e. The average molecular weight is 740 g/mol. The fourth-order valence-corrected chi connectivity index (χ4v) is 8.14. The number of amides is 2. The molecule has 1 aromatic heterocycles. The van der Waals surface area contributed by atoms with Gasteiger partial charge >= 0.3 is 6.09 Å². The lowest BCUT2D eigenvalue weighted by Crippen LogP contribution is -2.52. The molecule has 0 aliphatic rings. The van der Waals surface area contributed by atoms with Crippen molar-refractivity contribution in [2.75, 3.05) is 25.4 Å². The van der Waals surface area contributed by atoms with Crippen LogP contribution in [0.3, 0.4) is 0 Å². The molecule has 4 aromatic rings. The monoisotopic (exact) mass is 739 g/mol. The summed E-state index contributed by atoms with van der Waals surface area (Å²) in [6, 6.07) is 16.9. The van der Waals surface area contributed by atoms with Crippen molar-refractivity contribution in [3.8, 4) is 5.75 Å². The first-order valence-corrected chi connectivity index (χ1v) is 19.0. The SMILES string of the molecule is Cc1cc(CNC(=O)OC(C)(C)C)cc(C)c1OCC(=O)NC(Cc1ccccc1)C(O)CN(CC(C)C)S(=O)(=O)c1ccc2nc(N)sc2c1. The Morgan fingerprint density at radius 1 is 1.00 bits per heavy atom. The van der Waals surface area contributed by atoms with Crippen LogP contribution in [0.1, 0.15) is 56.9 Å². The number of sulfonamides is 1. The van der Waals surface area contributed by atoms with E-state index < -0.39 is 39.8 Å². The summed E-state index contributed by atoms with van der Waals surface area (Å²) in [5.41, 5.74) is 9.10. The smallest absolute Gasteiger partial charge is 0.407 e. The number of ether oxygens (including phenoxy) is 2. The molecule has 1 heterocycles. The number of nitrogens with two attached hydrogens (primary N) is 1. The lowest BCUT2D eigenvalue weighted by Gasteiger charge is -2.31. The molecule has 0 fully saturated rings. The zero-order valence-electron chi connectivity index (χ0n) is 30.2. The van der Waals surface area contributed by atoms with Gasteiger partial charge in [0.1, 0.15) is 11.4 Å². The van der Waals surface area contributed by atoms with Crippen molar-refractivity contribution in [3.63, 3.8) is 0 Å². The molecule has 0 bridgehead atoms. The molecule has 4 rings (SSSR count). The van der Waals surface area contributed by atoms with Crippen LogP contribution in [0.4, 0.5) is 9.93 Å². The predicted molar refractivity (Wildman–Crippen MR) is 200 cm³/mol. The number of nitrogen functional groups attached to an aromatic ring is 1. The van der Waals surface area contributed by atoms with E-state index in [9.17, 15) is 23.1 Å². The topological polar surface area (TPSA) is 173 Å². The molecular weight excluding hydrogens is 691 g/mol. The first kappa shape index (κ1) is 39.5. The van der Waals surface area contributed by atoms with E-state index in [0.29, 0.717) is 21.1 Å². The van der Waals surface area contributed by atoms with Gasteiger partial charge in [-0.1, -0.05) is 67.6 Å². The second-order valence-electron chi connectivity index (χ2n) is 14.0. The minimum atomic E-state index is -4.04. The van der Waals surface area contributed by atoms with Gasteiger partial charge < -0.3 is 30.9 Å². The quantitative estimate of drug-likeness (QED) is 0.126. The number of hydrogen-bond donors (Lipinski definition) is 4. The van der Waals surface area contributed by atoms with Crippen LogP contribution in [0, 0.1) is 19.8 Å². The van der Waals surface area contributed by atoms with Gasteiger partial charge in [0.25, 0.3) is 5.91 Å². The summed E-state index contributed by atoms with van der Waals surface area (Å²) in [6.07, 6.45) is -1.52. The summed E-state index contributed by atoms with van der Waals surface area (Å²) in [5.74, 6) is 0.00687. The number of nitrogens with zero attached hydrogens (tertiary/aromatic N) is 2. The average Bonchev–Trinajstić information content (AvgIpc) is 3.41. The Labute approximate surface area is 304 Å². The van der Waals surface area contributed by atoms with Crippen LogP contribution in [-0.4, -0.2) is 72.3 Å². The van der Waals surface area contributed by atoms with Crippen molar-refractivity contribution >= 4 is 48.7 Å². The highest BCUT2D eigenvalue weighted by molar-refractivity contribution is 7.89. The fourth-order valence-electron chi connectivity index (χ4n) is 5.64. The molecule has 51 heavy (non-hydrogen) atoms. The number of aromatic nitrogens is 1. The van der Waals surface area contributed by atoms with Crippen LogP contribution in [-0.2, 0) is 32.5 Å². The summed E-state index contributed by atoms with van der Waals surface area (Å²) in [6.45, 7) is 12.7. The standard InChI is InChI=1S/C37H49N5O7S2/c1-23(2)20-42(51(46,47)28-13-14-29-32(18-28)50-35(38)41-29)21-31(43)30(17-26-11-9-8-10-12-26)40-33(44)22-48-34-24(3)15-27(16-25(34)4)19-39-36(45)49-37(5,6)7/h8-16,18,23,30-31,43H,17,19-22H2,1-7H3,(H2,38,41)(H,39,45)(H,40,44). The van der Waals surface area contributed by atoms with Crippen LogP contribution in [0.25, 0.3) is 10.2 Å². The zero-order valence-corrected chi connectivity index (χ0v) is 31.9. The van der Waals surface area contributed by atoms with Crippen molar-refractivity contribution in [1.29, 1.82) is 0 Å². The first-order chi connectivity index (χ1) is 23.9. The molecule has 0 saturated carbocycles. The van der Waals surface area contributed by atoms with Crippen LogP contribution < -0.4 is 21.1 Å². The van der Waals surface area contributed by atoms with Gasteiger partial charge in [-0.3, -0.25) is 4.79 Å². The number of carbonyl (C=O) groups excluding carboxylic acids is 2. The third-order valence-corrected chi connectivity index (χ3v) is 10.5. The fraction of sp³-hybridized carbons (Fsp3) is 0.432. The largest absolute Gasteiger partial charge is 0.483 e. The molecule has 2 atom stereocenters. The lowest BCUT2D eigenvalue weighted by molar-refractivity contribution is -0.124. The number of thiazole rings is 1. The number of aryl methyl sites for hydroxylation is 2. The third-order valence-electron chi connectivity index (χ3n) is 7.79. The predicted octanol–water partition coefficient (Wildman–Crippen LogP) is 5.33. The van der Waals surface area contributed by atoms with Gasteiger partial charge in [0.05, 0.1) is 27.3 Å². The molecule has 12 nitrogen and oxygen atoms in total. The van der Waals surface area contributed by atoms with Crippen molar-refractivity contribution in [3.05, 3.63) is 82.9 Å². The van der Waals surface area contributed by atoms with Crippen molar-refractivity contribution < 1.29 is 32.6 Å². The van der Waals surface area contributed by atoms with Crippen molar-refractivity contribution in [2.45, 2.75) is 84.1 Å². The molecule has 0 spiro atoms. The Kier molecular flexibility index (Phi) is 13.1. The second-order valence-corrected chi connectivity index (χ2v) is 17.0. The van der Waals surface area contributed by atoms with Crippen LogP contribution in [0.5, 0.6) is 5.75 Å². The first-order valence-electron chi connectivity index (χ1n) is 16.8. The number of alkyl carbamates (subject to hydrolysis) is 1. The van der Waals surface area contributed by atoms with Gasteiger partial charge in [-0.2, -0.15) is 4.31 Å². The Balaban J connectivity index is 1.48. The van der Waals surface area contributed by atoms with Crippen molar-refractivity contribution in [2.24, 2.45) is 5.92 Å². The number of carbonyl (C=O) groups is 2. The zero-order chi connectivity index (χ0) is 37.5. The van der Waals surface area contributed by atoms with Gasteiger partial charge in [0, 0.05) is 19.6 Å². The molecule has 14 heteroatoms. The summed E-state index contributed by atoms with van der Waals surface area (Å²) in [5, 5.41) is 17.6. The van der Waals surface area contributed by atoms with Gasteiger partial charge in [0.2, 0.25) is 10.0 Å². The molecule has 0 aliphatic carbocycles. The van der Waals surface area contributed by atoms with Gasteiger partial charge in [-0.25, -0.2) is 18.2 Å². The van der Waals surface area contributed by atoms with E-state index in [1.165, 1.54) is 21.7 Å².